The molecule has 1 heterocycles. The lowest BCUT2D eigenvalue weighted by Crippen LogP contribution is -2.10. The van der Waals surface area contributed by atoms with Crippen molar-refractivity contribution in [1.82, 2.24) is 9.78 Å². The summed E-state index contributed by atoms with van der Waals surface area (Å²) in [5.74, 6) is 0.198. The second-order valence-corrected chi connectivity index (χ2v) is 6.32. The topological polar surface area (TPSA) is 78.0 Å². The van der Waals surface area contributed by atoms with Crippen molar-refractivity contribution in [2.45, 2.75) is 33.4 Å². The molecule has 92 valence electrons. The van der Waals surface area contributed by atoms with E-state index in [1.165, 1.54) is 6.26 Å². The molecule has 0 spiro atoms. The molecule has 0 unspecified atom stereocenters. The Morgan fingerprint density at radius 3 is 2.44 bits per heavy atom. The summed E-state index contributed by atoms with van der Waals surface area (Å²) in [7, 11) is -2.88. The van der Waals surface area contributed by atoms with Crippen molar-refractivity contribution in [1.29, 1.82) is 0 Å². The molecule has 2 N–H and O–H groups in total. The fraction of sp³-hybridized carbons (Fsp3) is 0.700. The molecule has 0 aliphatic carbocycles. The summed E-state index contributed by atoms with van der Waals surface area (Å²) in [6.45, 7) is 4.98. The third-order valence-corrected chi connectivity index (χ3v) is 3.65. The van der Waals surface area contributed by atoms with Gasteiger partial charge in [-0.25, -0.2) is 8.42 Å². The molecule has 0 fully saturated rings. The van der Waals surface area contributed by atoms with Crippen LogP contribution in [0.3, 0.4) is 0 Å². The Labute approximate surface area is 96.6 Å². The zero-order chi connectivity index (χ0) is 12.3. The van der Waals surface area contributed by atoms with Crippen LogP contribution in [0.15, 0.2) is 0 Å². The zero-order valence-corrected chi connectivity index (χ0v) is 10.8. The van der Waals surface area contributed by atoms with Crippen LogP contribution in [0, 0.1) is 13.8 Å². The third-order valence-electron chi connectivity index (χ3n) is 2.62. The molecule has 0 saturated heterocycles. The minimum atomic E-state index is -2.88. The summed E-state index contributed by atoms with van der Waals surface area (Å²) in [6, 6.07) is 0. The van der Waals surface area contributed by atoms with Gasteiger partial charge in [-0.15, -0.1) is 0 Å². The van der Waals surface area contributed by atoms with E-state index in [2.05, 4.69) is 5.10 Å². The normalized spacial score (nSPS) is 12.0. The van der Waals surface area contributed by atoms with Gasteiger partial charge < -0.3 is 5.73 Å². The predicted octanol–water partition coefficient (Wildman–Crippen LogP) is 0.393. The second-order valence-electron chi connectivity index (χ2n) is 4.06. The number of rotatable bonds is 5. The minimum Gasteiger partial charge on any atom is -0.326 e. The number of aromatic nitrogens is 2. The number of hydrogen-bond donors (Lipinski definition) is 1. The molecule has 6 heteroatoms. The van der Waals surface area contributed by atoms with Gasteiger partial charge in [0.1, 0.15) is 9.84 Å². The summed E-state index contributed by atoms with van der Waals surface area (Å²) in [5, 5.41) is 4.34. The van der Waals surface area contributed by atoms with Crippen LogP contribution in [-0.2, 0) is 22.9 Å². The molecular weight excluding hydrogens is 226 g/mol. The fourth-order valence-corrected chi connectivity index (χ4v) is 2.38. The number of sulfone groups is 1. The number of nitrogens with zero attached hydrogens (tertiary/aromatic N) is 2. The smallest absolute Gasteiger partial charge is 0.147 e. The van der Waals surface area contributed by atoms with E-state index < -0.39 is 9.84 Å². The van der Waals surface area contributed by atoms with Crippen molar-refractivity contribution in [2.24, 2.45) is 5.73 Å². The maximum Gasteiger partial charge on any atom is 0.147 e. The predicted molar refractivity (Wildman–Crippen MR) is 63.9 cm³/mol. The molecule has 1 aromatic rings. The quantitative estimate of drug-likeness (QED) is 0.814. The summed E-state index contributed by atoms with van der Waals surface area (Å²) < 4.78 is 23.8. The van der Waals surface area contributed by atoms with Gasteiger partial charge in [0.2, 0.25) is 0 Å². The zero-order valence-electron chi connectivity index (χ0n) is 10.0. The number of nitrogens with two attached hydrogens (primary N) is 1. The lowest BCUT2D eigenvalue weighted by molar-refractivity contribution is 0.566. The molecule has 16 heavy (non-hydrogen) atoms. The molecule has 0 aliphatic heterocycles. The lowest BCUT2D eigenvalue weighted by atomic mass is 10.2. The Kier molecular flexibility index (Phi) is 4.09. The van der Waals surface area contributed by atoms with Crippen molar-refractivity contribution in [3.63, 3.8) is 0 Å². The summed E-state index contributed by atoms with van der Waals surface area (Å²) in [6.07, 6.45) is 1.84. The first-order valence-corrected chi connectivity index (χ1v) is 7.32. The molecule has 0 saturated carbocycles. The highest BCUT2D eigenvalue weighted by atomic mass is 32.2. The number of aryl methyl sites for hydroxylation is 2. The van der Waals surface area contributed by atoms with Gasteiger partial charge in [-0.05, 0) is 20.3 Å². The van der Waals surface area contributed by atoms with Gasteiger partial charge in [0.05, 0.1) is 11.4 Å². The first-order valence-electron chi connectivity index (χ1n) is 5.26. The van der Waals surface area contributed by atoms with Gasteiger partial charge in [-0.1, -0.05) is 0 Å². The SMILES string of the molecule is Cc1nn(CCCS(C)(=O)=O)c(C)c1CN. The summed E-state index contributed by atoms with van der Waals surface area (Å²) >= 11 is 0. The van der Waals surface area contributed by atoms with Crippen LogP contribution < -0.4 is 5.73 Å². The van der Waals surface area contributed by atoms with Crippen LogP contribution in [0.5, 0.6) is 0 Å². The molecule has 0 bridgehead atoms. The third kappa shape index (κ3) is 3.31. The molecule has 0 aliphatic rings. The van der Waals surface area contributed by atoms with Crippen molar-refractivity contribution < 1.29 is 8.42 Å². The largest absolute Gasteiger partial charge is 0.326 e. The average molecular weight is 245 g/mol. The van der Waals surface area contributed by atoms with E-state index in [1.807, 2.05) is 18.5 Å². The number of hydrogen-bond acceptors (Lipinski definition) is 4. The van der Waals surface area contributed by atoms with Gasteiger partial charge in [-0.2, -0.15) is 5.10 Å². The molecule has 0 atom stereocenters. The second kappa shape index (κ2) is 4.97. The lowest BCUT2D eigenvalue weighted by Gasteiger charge is -2.04. The molecule has 1 rings (SSSR count). The summed E-state index contributed by atoms with van der Waals surface area (Å²) in [5.41, 5.74) is 8.63. The van der Waals surface area contributed by atoms with Gasteiger partial charge in [0.15, 0.2) is 0 Å². The molecular formula is C10H19N3O2S. The van der Waals surface area contributed by atoms with Crippen LogP contribution in [0.2, 0.25) is 0 Å². The molecule has 5 nitrogen and oxygen atoms in total. The van der Waals surface area contributed by atoms with Crippen LogP contribution in [-0.4, -0.2) is 30.2 Å². The Balaban J connectivity index is 2.68. The van der Waals surface area contributed by atoms with Gasteiger partial charge in [0, 0.05) is 30.6 Å². The van der Waals surface area contributed by atoms with E-state index >= 15 is 0 Å². The Morgan fingerprint density at radius 1 is 1.38 bits per heavy atom. The Morgan fingerprint density at radius 2 is 2.00 bits per heavy atom. The Hall–Kier alpha value is -0.880. The highest BCUT2D eigenvalue weighted by Crippen LogP contribution is 2.12. The van der Waals surface area contributed by atoms with Crippen LogP contribution in [0.25, 0.3) is 0 Å². The highest BCUT2D eigenvalue weighted by Gasteiger charge is 2.10. The van der Waals surface area contributed by atoms with Crippen molar-refractivity contribution >= 4 is 9.84 Å². The fourth-order valence-electron chi connectivity index (χ4n) is 1.72. The van der Waals surface area contributed by atoms with E-state index in [4.69, 9.17) is 5.73 Å². The minimum absolute atomic E-state index is 0.198. The van der Waals surface area contributed by atoms with Crippen molar-refractivity contribution in [3.05, 3.63) is 17.0 Å². The van der Waals surface area contributed by atoms with Gasteiger partial charge >= 0.3 is 0 Å². The first-order chi connectivity index (χ1) is 7.35. The standard InChI is InChI=1S/C10H19N3O2S/c1-8-10(7-11)9(2)13(12-8)5-4-6-16(3,14)15/h4-7,11H2,1-3H3. The van der Waals surface area contributed by atoms with Crippen LogP contribution >= 0.6 is 0 Å². The van der Waals surface area contributed by atoms with E-state index in [0.717, 1.165) is 17.0 Å². The van der Waals surface area contributed by atoms with Gasteiger partial charge in [-0.3, -0.25) is 4.68 Å². The summed E-state index contributed by atoms with van der Waals surface area (Å²) in [4.78, 5) is 0. The molecule has 0 aromatic carbocycles. The van der Waals surface area contributed by atoms with Crippen LogP contribution in [0.4, 0.5) is 0 Å². The Bertz CT molecular complexity index is 463. The van der Waals surface area contributed by atoms with E-state index in [-0.39, 0.29) is 5.75 Å². The maximum atomic E-state index is 11.0. The van der Waals surface area contributed by atoms with E-state index in [0.29, 0.717) is 19.5 Å². The molecule has 0 amide bonds. The maximum absolute atomic E-state index is 11.0. The van der Waals surface area contributed by atoms with Crippen molar-refractivity contribution in [3.8, 4) is 0 Å². The van der Waals surface area contributed by atoms with Gasteiger partial charge in [0.25, 0.3) is 0 Å². The van der Waals surface area contributed by atoms with Crippen molar-refractivity contribution in [2.75, 3.05) is 12.0 Å². The molecule has 1 aromatic heterocycles. The molecule has 0 radical (unpaired) electrons. The van der Waals surface area contributed by atoms with E-state index in [9.17, 15) is 8.42 Å². The van der Waals surface area contributed by atoms with Crippen LogP contribution in [0.1, 0.15) is 23.4 Å². The highest BCUT2D eigenvalue weighted by molar-refractivity contribution is 7.90. The monoisotopic (exact) mass is 245 g/mol. The first kappa shape index (κ1) is 13.2. The average Bonchev–Trinajstić information content (AvgIpc) is 2.40. The van der Waals surface area contributed by atoms with E-state index in [1.54, 1.807) is 0 Å².